The molecule has 0 aliphatic rings. The number of aromatic nitrogens is 2. The van der Waals surface area contributed by atoms with Crippen LogP contribution in [0.4, 0.5) is 0 Å². The fraction of sp³-hybridized carbons (Fsp3) is 0.500. The third kappa shape index (κ3) is 5.92. The van der Waals surface area contributed by atoms with Gasteiger partial charge in [-0.25, -0.2) is 9.98 Å². The third-order valence-corrected chi connectivity index (χ3v) is 4.65. The maximum Gasteiger partial charge on any atom is 0.191 e. The molecule has 2 heterocycles. The first-order chi connectivity index (χ1) is 11.5. The Morgan fingerprint density at radius 2 is 2.04 bits per heavy atom. The summed E-state index contributed by atoms with van der Waals surface area (Å²) in [5.41, 5.74) is 2.19. The van der Waals surface area contributed by atoms with Gasteiger partial charge in [-0.2, -0.15) is 0 Å². The first-order valence-electron chi connectivity index (χ1n) is 8.36. The van der Waals surface area contributed by atoms with Gasteiger partial charge in [0.2, 0.25) is 0 Å². The molecular weight excluding hydrogens is 318 g/mol. The number of rotatable bonds is 6. The Kier molecular flexibility index (Phi) is 6.73. The van der Waals surface area contributed by atoms with E-state index in [0.717, 1.165) is 41.9 Å². The normalized spacial score (nSPS) is 12.2. The highest BCUT2D eigenvalue weighted by Crippen LogP contribution is 2.25. The Hall–Kier alpha value is -1.95. The van der Waals surface area contributed by atoms with Gasteiger partial charge in [0, 0.05) is 42.2 Å². The summed E-state index contributed by atoms with van der Waals surface area (Å²) in [4.78, 5) is 13.6. The fourth-order valence-electron chi connectivity index (χ4n) is 2.08. The van der Waals surface area contributed by atoms with Crippen LogP contribution in [-0.2, 0) is 18.4 Å². The molecule has 0 amide bonds. The van der Waals surface area contributed by atoms with Crippen LogP contribution in [0.15, 0.2) is 34.8 Å². The van der Waals surface area contributed by atoms with Crippen molar-refractivity contribution in [2.45, 2.75) is 46.1 Å². The second-order valence-corrected chi connectivity index (χ2v) is 7.45. The largest absolute Gasteiger partial charge is 0.357 e. The summed E-state index contributed by atoms with van der Waals surface area (Å²) in [6, 6.07) is 5.98. The third-order valence-electron chi connectivity index (χ3n) is 3.34. The van der Waals surface area contributed by atoms with Crippen molar-refractivity contribution in [2.24, 2.45) is 4.99 Å². The summed E-state index contributed by atoms with van der Waals surface area (Å²) in [5.74, 6) is 0.818. The molecule has 2 aromatic heterocycles. The van der Waals surface area contributed by atoms with Gasteiger partial charge >= 0.3 is 0 Å². The molecule has 0 radical (unpaired) electrons. The first-order valence-corrected chi connectivity index (χ1v) is 9.24. The van der Waals surface area contributed by atoms with Crippen LogP contribution >= 0.6 is 11.3 Å². The molecule has 2 rings (SSSR count). The lowest BCUT2D eigenvalue weighted by Gasteiger charge is -2.13. The van der Waals surface area contributed by atoms with Gasteiger partial charge in [-0.05, 0) is 19.1 Å². The van der Waals surface area contributed by atoms with E-state index in [0.29, 0.717) is 6.54 Å². The second-order valence-electron chi connectivity index (χ2n) is 6.59. The lowest BCUT2D eigenvalue weighted by atomic mass is 9.98. The van der Waals surface area contributed by atoms with E-state index in [-0.39, 0.29) is 5.41 Å². The van der Waals surface area contributed by atoms with Gasteiger partial charge in [0.05, 0.1) is 17.2 Å². The predicted octanol–water partition coefficient (Wildman–Crippen LogP) is 3.13. The molecule has 130 valence electrons. The number of pyridine rings is 1. The number of nitrogens with zero attached hydrogens (tertiary/aromatic N) is 3. The highest BCUT2D eigenvalue weighted by Gasteiger charge is 2.17. The molecule has 6 heteroatoms. The van der Waals surface area contributed by atoms with Crippen LogP contribution in [0.25, 0.3) is 0 Å². The summed E-state index contributed by atoms with van der Waals surface area (Å²) < 4.78 is 0. The van der Waals surface area contributed by atoms with E-state index < -0.39 is 0 Å². The zero-order chi connectivity index (χ0) is 17.4. The van der Waals surface area contributed by atoms with Crippen molar-refractivity contribution in [3.63, 3.8) is 0 Å². The van der Waals surface area contributed by atoms with Crippen molar-refractivity contribution in [3.8, 4) is 0 Å². The topological polar surface area (TPSA) is 62.2 Å². The number of thiazole rings is 1. The molecule has 0 unspecified atom stereocenters. The summed E-state index contributed by atoms with van der Waals surface area (Å²) in [6.45, 7) is 10.8. The van der Waals surface area contributed by atoms with Gasteiger partial charge in [-0.15, -0.1) is 11.3 Å². The predicted molar refractivity (Wildman–Crippen MR) is 102 cm³/mol. The van der Waals surface area contributed by atoms with Gasteiger partial charge < -0.3 is 10.6 Å². The van der Waals surface area contributed by atoms with E-state index in [9.17, 15) is 0 Å². The molecule has 0 aliphatic heterocycles. The average molecular weight is 346 g/mol. The number of aliphatic imine (C=N–C) groups is 1. The van der Waals surface area contributed by atoms with Crippen LogP contribution in [0.5, 0.6) is 0 Å². The summed E-state index contributed by atoms with van der Waals surface area (Å²) in [5, 5.41) is 9.87. The minimum Gasteiger partial charge on any atom is -0.357 e. The van der Waals surface area contributed by atoms with Gasteiger partial charge in [-0.3, -0.25) is 4.98 Å². The molecule has 2 aromatic rings. The maximum absolute atomic E-state index is 4.69. The molecule has 5 nitrogen and oxygen atoms in total. The zero-order valence-corrected chi connectivity index (χ0v) is 15.8. The Morgan fingerprint density at radius 3 is 2.67 bits per heavy atom. The monoisotopic (exact) mass is 345 g/mol. The van der Waals surface area contributed by atoms with Crippen molar-refractivity contribution < 1.29 is 0 Å². The summed E-state index contributed by atoms with van der Waals surface area (Å²) in [7, 11) is 0. The molecule has 24 heavy (non-hydrogen) atoms. The van der Waals surface area contributed by atoms with E-state index >= 15 is 0 Å². The van der Waals surface area contributed by atoms with E-state index in [4.69, 9.17) is 0 Å². The van der Waals surface area contributed by atoms with Crippen molar-refractivity contribution >= 4 is 17.3 Å². The Bertz CT molecular complexity index is 643. The highest BCUT2D eigenvalue weighted by molar-refractivity contribution is 7.09. The van der Waals surface area contributed by atoms with Gasteiger partial charge in [0.15, 0.2) is 5.96 Å². The number of hydrogen-bond acceptors (Lipinski definition) is 4. The molecule has 0 aromatic carbocycles. The molecular formula is C18H27N5S. The molecule has 0 aliphatic carbocycles. The van der Waals surface area contributed by atoms with Gasteiger partial charge in [0.1, 0.15) is 0 Å². The standard InChI is InChI=1S/C18H27N5S/c1-5-19-17(21-11-9-14-8-6-7-10-20-14)22-12-15-13-24-16(23-15)18(2,3)4/h6-8,10,13H,5,9,11-12H2,1-4H3,(H2,19,21,22). The highest BCUT2D eigenvalue weighted by atomic mass is 32.1. The minimum absolute atomic E-state index is 0.0953. The van der Waals surface area contributed by atoms with Crippen LogP contribution in [-0.4, -0.2) is 29.0 Å². The molecule has 0 fully saturated rings. The summed E-state index contributed by atoms with van der Waals surface area (Å²) >= 11 is 1.71. The van der Waals surface area contributed by atoms with E-state index in [1.54, 1.807) is 11.3 Å². The van der Waals surface area contributed by atoms with Crippen molar-refractivity contribution in [1.82, 2.24) is 20.6 Å². The molecule has 0 spiro atoms. The van der Waals surface area contributed by atoms with E-state index in [2.05, 4.69) is 58.7 Å². The first kappa shape index (κ1) is 18.4. The molecule has 2 N–H and O–H groups in total. The van der Waals surface area contributed by atoms with Crippen LogP contribution in [0, 0.1) is 0 Å². The van der Waals surface area contributed by atoms with Crippen LogP contribution in [0.2, 0.25) is 0 Å². The molecule has 0 atom stereocenters. The molecule has 0 bridgehead atoms. The summed E-state index contributed by atoms with van der Waals surface area (Å²) in [6.07, 6.45) is 2.69. The Morgan fingerprint density at radius 1 is 1.21 bits per heavy atom. The number of guanidine groups is 1. The lowest BCUT2D eigenvalue weighted by Crippen LogP contribution is -2.38. The van der Waals surface area contributed by atoms with Gasteiger partial charge in [-0.1, -0.05) is 26.8 Å². The second kappa shape index (κ2) is 8.78. The molecule has 0 saturated heterocycles. The molecule has 0 saturated carbocycles. The SMILES string of the molecule is CCNC(=NCc1csc(C(C)(C)C)n1)NCCc1ccccn1. The number of nitrogens with one attached hydrogen (secondary N) is 2. The lowest BCUT2D eigenvalue weighted by molar-refractivity contribution is 0.583. The van der Waals surface area contributed by atoms with E-state index in [1.807, 2.05) is 24.4 Å². The van der Waals surface area contributed by atoms with E-state index in [1.165, 1.54) is 0 Å². The quantitative estimate of drug-likeness (QED) is 0.624. The van der Waals surface area contributed by atoms with Gasteiger partial charge in [0.25, 0.3) is 0 Å². The average Bonchev–Trinajstić information content (AvgIpc) is 3.03. The fourth-order valence-corrected chi connectivity index (χ4v) is 2.98. The minimum atomic E-state index is 0.0953. The van der Waals surface area contributed by atoms with Crippen LogP contribution in [0.3, 0.4) is 0 Å². The van der Waals surface area contributed by atoms with Crippen molar-refractivity contribution in [1.29, 1.82) is 0 Å². The van der Waals surface area contributed by atoms with Crippen LogP contribution < -0.4 is 10.6 Å². The van der Waals surface area contributed by atoms with Crippen LogP contribution in [0.1, 0.15) is 44.1 Å². The van der Waals surface area contributed by atoms with Crippen molar-refractivity contribution in [2.75, 3.05) is 13.1 Å². The zero-order valence-electron chi connectivity index (χ0n) is 15.0. The maximum atomic E-state index is 4.69. The number of hydrogen-bond donors (Lipinski definition) is 2. The van der Waals surface area contributed by atoms with Crippen molar-refractivity contribution in [3.05, 3.63) is 46.2 Å². The Balaban J connectivity index is 1.89. The Labute approximate surface area is 148 Å². The smallest absolute Gasteiger partial charge is 0.191 e.